The minimum absolute atomic E-state index is 0.0121. The second-order valence-corrected chi connectivity index (χ2v) is 13.5. The topological polar surface area (TPSA) is 347 Å². The predicted octanol–water partition coefficient (Wildman–Crippen LogP) is 5.59. The highest BCUT2D eigenvalue weighted by Crippen LogP contribution is 2.26. The van der Waals surface area contributed by atoms with Crippen molar-refractivity contribution in [3.05, 3.63) is 194 Å². The minimum Gasteiger partial charge on any atom is -0.508 e. The molecule has 0 unspecified atom stereocenters. The highest BCUT2D eigenvalue weighted by Gasteiger charge is 1.97. The zero-order valence-corrected chi connectivity index (χ0v) is 41.2. The van der Waals surface area contributed by atoms with Crippen LogP contribution < -0.4 is 64.6 Å². The summed E-state index contributed by atoms with van der Waals surface area (Å²) in [5, 5.41) is 64.2. The maximum absolute atomic E-state index is 10.6. The quantitative estimate of drug-likeness (QED) is 0.0652. The number of phenolic OH excluding ortho intramolecular Hbond substituents is 4. The molecule has 5 heterocycles. The molecule has 0 aliphatic rings. The van der Waals surface area contributed by atoms with Gasteiger partial charge in [0.1, 0.15) is 23.1 Å². The molecule has 72 heavy (non-hydrogen) atoms. The molecule has 0 aliphatic heterocycles. The molecule has 0 fully saturated rings. The number of phenols is 4. The predicted molar refractivity (Wildman–Crippen MR) is 290 cm³/mol. The Balaban J connectivity index is 0.000000412. The van der Waals surface area contributed by atoms with Crippen molar-refractivity contribution in [2.45, 2.75) is 0 Å². The van der Waals surface area contributed by atoms with Crippen molar-refractivity contribution in [2.24, 2.45) is 0 Å². The molecule has 8 aromatic rings. The Labute approximate surface area is 416 Å². The summed E-state index contributed by atoms with van der Waals surface area (Å²) < 4.78 is 0. The smallest absolute Gasteiger partial charge is 0.266 e. The average molecular weight is 992 g/mol. The summed E-state index contributed by atoms with van der Waals surface area (Å²) >= 11 is 0. The van der Waals surface area contributed by atoms with Crippen LogP contribution in [0.4, 0.5) is 45.8 Å². The van der Waals surface area contributed by atoms with E-state index in [-0.39, 0.29) is 33.6 Å². The highest BCUT2D eigenvalue weighted by atomic mass is 16.3. The van der Waals surface area contributed by atoms with Crippen molar-refractivity contribution in [2.75, 3.05) is 98.9 Å². The lowest BCUT2D eigenvalue weighted by atomic mass is 10.3. The fraction of sp³-hybridized carbons (Fsp3) is 0.163. The number of hydrogen-bond donors (Lipinski definition) is 16. The van der Waals surface area contributed by atoms with Gasteiger partial charge in [-0.25, -0.2) is 10.1 Å². The summed E-state index contributed by atoms with van der Waals surface area (Å²) in [5.74, 6) is 1.93. The van der Waals surface area contributed by atoms with Crippen LogP contribution in [0.3, 0.4) is 0 Å². The van der Waals surface area contributed by atoms with E-state index in [1.54, 1.807) is 127 Å². The monoisotopic (exact) mass is 992 g/mol. The maximum Gasteiger partial charge on any atom is 0.266 e. The Bertz CT molecular complexity index is 2770. The van der Waals surface area contributed by atoms with Crippen LogP contribution in [0.2, 0.25) is 0 Å². The molecular formula is C49H65N15O8. The Hall–Kier alpha value is -9.93. The molecule has 16 N–H and O–H groups in total. The SMILES string of the molecule is CNc1cc(=O)cc[nH]1.CNc1cc[nH]c(=O)c1.CNc1ccc(=O)[nH]c1.CNc1ccc(O)c(O)c1.CNc1ccc(O)cc1.CNc1cccc(O)c1.CNc1cn[nH]c(=O)c1.CNc1cnccn1. The van der Waals surface area contributed by atoms with E-state index < -0.39 is 0 Å². The number of pyridine rings is 3. The van der Waals surface area contributed by atoms with Crippen molar-refractivity contribution < 1.29 is 20.4 Å². The van der Waals surface area contributed by atoms with E-state index in [1.165, 1.54) is 42.5 Å². The largest absolute Gasteiger partial charge is 0.508 e. The molecule has 23 nitrogen and oxygen atoms in total. The lowest BCUT2D eigenvalue weighted by molar-refractivity contribution is 0.404. The Kier molecular flexibility index (Phi) is 30.2. The first-order valence-corrected chi connectivity index (χ1v) is 21.5. The van der Waals surface area contributed by atoms with Crippen molar-refractivity contribution in [3.8, 4) is 23.0 Å². The summed E-state index contributed by atoms with van der Waals surface area (Å²) in [4.78, 5) is 57.7. The van der Waals surface area contributed by atoms with Gasteiger partial charge in [0.05, 0.1) is 23.8 Å². The third kappa shape index (κ3) is 27.6. The fourth-order valence-corrected chi connectivity index (χ4v) is 4.67. The van der Waals surface area contributed by atoms with Crippen LogP contribution in [0.5, 0.6) is 23.0 Å². The van der Waals surface area contributed by atoms with Gasteiger partial charge in [0.2, 0.25) is 11.1 Å². The maximum atomic E-state index is 10.6. The van der Waals surface area contributed by atoms with Crippen LogP contribution in [0.1, 0.15) is 0 Å². The van der Waals surface area contributed by atoms with Gasteiger partial charge in [-0.05, 0) is 60.7 Å². The molecule has 0 spiro atoms. The summed E-state index contributed by atoms with van der Waals surface area (Å²) in [7, 11) is 14.3. The highest BCUT2D eigenvalue weighted by molar-refractivity contribution is 5.53. The van der Waals surface area contributed by atoms with Crippen LogP contribution >= 0.6 is 0 Å². The van der Waals surface area contributed by atoms with E-state index in [0.29, 0.717) is 11.5 Å². The van der Waals surface area contributed by atoms with E-state index >= 15 is 0 Å². The fourth-order valence-electron chi connectivity index (χ4n) is 4.67. The zero-order valence-electron chi connectivity index (χ0n) is 41.2. The van der Waals surface area contributed by atoms with Crippen LogP contribution in [-0.2, 0) is 0 Å². The van der Waals surface area contributed by atoms with Crippen LogP contribution in [-0.4, -0.2) is 112 Å². The molecule has 5 aromatic heterocycles. The standard InChI is InChI=1S/C7H9NO2.2C7H9NO.3C6H8N2O.C5H7N3O.C5H7N3/c1-8-5-2-3-6(9)7(10)4-5;1-8-6-2-4-7(9)5-3-6;1-8-6-3-2-4-7(9)5-6;1-7-6-4-5(9)2-3-8-6;1-7-5-2-3-8-6(9)4-5;1-7-5-2-3-6(9)8-4-5;1-6-4-2-5(9)8-7-3-4;1-6-5-4-7-2-3-8-5/h2-4,8-10H,1H3;2*2-5,8-9H,1H3;2*2-4H,1H3,(H2,7,8,9);2-4,7H,1H3,(H,8,9);2-3H,1H3,(H2,6,8,9);2-4H,1H3,(H,6,8). The second kappa shape index (κ2) is 36.2. The lowest BCUT2D eigenvalue weighted by Gasteiger charge is -2.00. The summed E-state index contributed by atoms with van der Waals surface area (Å²) in [6, 6.07) is 29.4. The van der Waals surface area contributed by atoms with Gasteiger partial charge in [-0.2, -0.15) is 5.10 Å². The number of hydrogen-bond acceptors (Lipinski definition) is 19. The average Bonchev–Trinajstić information content (AvgIpc) is 3.41. The number of nitrogens with zero attached hydrogens (tertiary/aromatic N) is 3. The summed E-state index contributed by atoms with van der Waals surface area (Å²) in [6.07, 6.45) is 11.3. The molecule has 0 aliphatic carbocycles. The van der Waals surface area contributed by atoms with Gasteiger partial charge in [0, 0.05) is 153 Å². The van der Waals surface area contributed by atoms with Gasteiger partial charge in [0.25, 0.3) is 5.56 Å². The van der Waals surface area contributed by atoms with Crippen molar-refractivity contribution in [3.63, 3.8) is 0 Å². The van der Waals surface area contributed by atoms with Gasteiger partial charge in [-0.1, -0.05) is 6.07 Å². The number of H-pyrrole nitrogens is 4. The number of aromatic amines is 4. The molecule has 0 bridgehead atoms. The zero-order chi connectivity index (χ0) is 53.5. The Morgan fingerprint density at radius 1 is 0.431 bits per heavy atom. The van der Waals surface area contributed by atoms with Crippen LogP contribution in [0.15, 0.2) is 172 Å². The third-order valence-corrected chi connectivity index (χ3v) is 8.51. The minimum atomic E-state index is -0.193. The van der Waals surface area contributed by atoms with E-state index in [4.69, 9.17) is 20.4 Å². The molecule has 8 rings (SSSR count). The lowest BCUT2D eigenvalue weighted by Crippen LogP contribution is -2.06. The first-order valence-electron chi connectivity index (χ1n) is 21.5. The number of benzene rings is 3. The van der Waals surface area contributed by atoms with Crippen molar-refractivity contribution in [1.82, 2.24) is 35.1 Å². The summed E-state index contributed by atoms with van der Waals surface area (Å²) in [6.45, 7) is 0. The van der Waals surface area contributed by atoms with Gasteiger partial charge in [0.15, 0.2) is 16.9 Å². The first-order chi connectivity index (χ1) is 34.6. The number of aromatic nitrogens is 7. The number of aromatic hydroxyl groups is 4. The normalized spacial score (nSPS) is 9.00. The van der Waals surface area contributed by atoms with Gasteiger partial charge < -0.3 is 77.9 Å². The molecule has 3 aromatic carbocycles. The number of anilines is 8. The molecule has 23 heteroatoms. The van der Waals surface area contributed by atoms with Crippen molar-refractivity contribution in [1.29, 1.82) is 0 Å². The molecular weight excluding hydrogens is 927 g/mol. The third-order valence-electron chi connectivity index (χ3n) is 8.51. The van der Waals surface area contributed by atoms with Gasteiger partial charge in [-0.3, -0.25) is 24.2 Å². The molecule has 384 valence electrons. The van der Waals surface area contributed by atoms with Gasteiger partial charge >= 0.3 is 0 Å². The van der Waals surface area contributed by atoms with Crippen molar-refractivity contribution >= 4 is 45.8 Å². The second-order valence-electron chi connectivity index (χ2n) is 13.5. The number of rotatable bonds is 8. The van der Waals surface area contributed by atoms with Crippen LogP contribution in [0.25, 0.3) is 0 Å². The molecule has 0 saturated carbocycles. The molecule has 0 radical (unpaired) electrons. The van der Waals surface area contributed by atoms with E-state index in [1.807, 2.05) is 39.3 Å². The van der Waals surface area contributed by atoms with Crippen LogP contribution in [0, 0.1) is 0 Å². The van der Waals surface area contributed by atoms with E-state index in [2.05, 4.69) is 77.7 Å². The summed E-state index contributed by atoms with van der Waals surface area (Å²) in [5.41, 5.74) is 4.83. The molecule has 0 amide bonds. The van der Waals surface area contributed by atoms with Gasteiger partial charge in [-0.15, -0.1) is 0 Å². The Morgan fingerprint density at radius 2 is 1.03 bits per heavy atom. The molecule has 0 atom stereocenters. The molecule has 0 saturated heterocycles. The Morgan fingerprint density at radius 3 is 1.47 bits per heavy atom. The first kappa shape index (κ1) is 60.1. The van der Waals surface area contributed by atoms with E-state index in [9.17, 15) is 19.2 Å². The number of nitrogens with one attached hydrogen (secondary N) is 12. The van der Waals surface area contributed by atoms with E-state index in [0.717, 1.165) is 45.8 Å².